The van der Waals surface area contributed by atoms with Gasteiger partial charge in [0.1, 0.15) is 0 Å². The van der Waals surface area contributed by atoms with Crippen molar-refractivity contribution in [3.05, 3.63) is 34.4 Å². The molecule has 8 nitrogen and oxygen atoms in total. The Hall–Kier alpha value is -2.32. The van der Waals surface area contributed by atoms with Crippen LogP contribution in [0.3, 0.4) is 0 Å². The fourth-order valence-electron chi connectivity index (χ4n) is 4.43. The summed E-state index contributed by atoms with van der Waals surface area (Å²) in [5, 5.41) is 30.9. The molecule has 1 aromatic carbocycles. The second-order valence-corrected chi connectivity index (χ2v) is 6.39. The second-order valence-electron chi connectivity index (χ2n) is 6.39. The van der Waals surface area contributed by atoms with Crippen molar-refractivity contribution in [2.24, 2.45) is 23.7 Å². The molecule has 0 radical (unpaired) electrons. The van der Waals surface area contributed by atoms with Crippen LogP contribution in [0.4, 0.5) is 11.4 Å². The number of carbonyl (C=O) groups is 2. The molecule has 6 atom stereocenters. The minimum absolute atomic E-state index is 0.159. The Labute approximate surface area is 130 Å². The van der Waals surface area contributed by atoms with E-state index in [4.69, 9.17) is 0 Å². The molecule has 8 heteroatoms. The Morgan fingerprint density at radius 3 is 2.17 bits per heavy atom. The number of anilines is 1. The number of amides is 2. The third kappa shape index (κ3) is 1.73. The van der Waals surface area contributed by atoms with E-state index in [1.54, 1.807) is 0 Å². The summed E-state index contributed by atoms with van der Waals surface area (Å²) in [6.45, 7) is 0. The molecule has 2 N–H and O–H groups in total. The van der Waals surface area contributed by atoms with E-state index in [2.05, 4.69) is 0 Å². The van der Waals surface area contributed by atoms with Gasteiger partial charge in [0, 0.05) is 24.0 Å². The SMILES string of the molecule is O=C1[C@@H]2[C@@H]3C[C@@H]([C@H](O)[C@H]3O)[C@H]2C(=O)N1c1cccc([N+](=O)[O-])c1. The monoisotopic (exact) mass is 318 g/mol. The number of imide groups is 1. The molecule has 2 saturated carbocycles. The summed E-state index contributed by atoms with van der Waals surface area (Å²) in [7, 11) is 0. The maximum atomic E-state index is 12.7. The molecule has 23 heavy (non-hydrogen) atoms. The van der Waals surface area contributed by atoms with E-state index in [1.165, 1.54) is 24.3 Å². The van der Waals surface area contributed by atoms with Gasteiger partial charge in [-0.1, -0.05) is 6.07 Å². The highest BCUT2D eigenvalue weighted by molar-refractivity contribution is 6.22. The molecule has 2 aliphatic carbocycles. The van der Waals surface area contributed by atoms with Gasteiger partial charge in [-0.15, -0.1) is 0 Å². The number of nitro groups is 1. The number of hydrogen-bond donors (Lipinski definition) is 2. The summed E-state index contributed by atoms with van der Waals surface area (Å²) in [5.41, 5.74) is -0.0461. The topological polar surface area (TPSA) is 121 Å². The van der Waals surface area contributed by atoms with Crippen LogP contribution in [-0.2, 0) is 9.59 Å². The van der Waals surface area contributed by atoms with Crippen LogP contribution < -0.4 is 4.90 Å². The largest absolute Gasteiger partial charge is 0.390 e. The van der Waals surface area contributed by atoms with Gasteiger partial charge in [0.25, 0.3) is 5.69 Å². The van der Waals surface area contributed by atoms with Crippen molar-refractivity contribution in [1.82, 2.24) is 0 Å². The standard InChI is InChI=1S/C15H14N2O6/c18-12-8-5-9(13(12)19)11-10(8)14(20)16(15(11)21)6-2-1-3-7(4-6)17(22)23/h1-4,8-13,18-19H,5H2/t8-,9+,10-,11-,12+,13+/m1/s1. The Kier molecular flexibility index (Phi) is 2.85. The maximum absolute atomic E-state index is 12.7. The molecule has 0 spiro atoms. The number of non-ortho nitro benzene ring substituents is 1. The number of aliphatic hydroxyl groups is 2. The number of rotatable bonds is 2. The van der Waals surface area contributed by atoms with Crippen LogP contribution in [0.1, 0.15) is 6.42 Å². The lowest BCUT2D eigenvalue weighted by Crippen LogP contribution is -2.43. The van der Waals surface area contributed by atoms with Crippen molar-refractivity contribution >= 4 is 23.2 Å². The van der Waals surface area contributed by atoms with Gasteiger partial charge in [0.05, 0.1) is 34.7 Å². The normalized spacial score (nSPS) is 38.3. The molecule has 1 aromatic rings. The predicted molar refractivity (Wildman–Crippen MR) is 76.2 cm³/mol. The summed E-state index contributed by atoms with van der Waals surface area (Å²) in [4.78, 5) is 36.6. The Morgan fingerprint density at radius 2 is 1.65 bits per heavy atom. The lowest BCUT2D eigenvalue weighted by Gasteiger charge is -2.29. The number of nitrogens with zero attached hydrogens (tertiary/aromatic N) is 2. The van der Waals surface area contributed by atoms with E-state index in [0.29, 0.717) is 6.42 Å². The highest BCUT2D eigenvalue weighted by Gasteiger charge is 2.67. The van der Waals surface area contributed by atoms with E-state index in [1.807, 2.05) is 0 Å². The lowest BCUT2D eigenvalue weighted by atomic mass is 9.78. The third-order valence-corrected chi connectivity index (χ3v) is 5.39. The number of fused-ring (bicyclic) bond motifs is 5. The van der Waals surface area contributed by atoms with E-state index >= 15 is 0 Å². The number of hydrogen-bond acceptors (Lipinski definition) is 6. The van der Waals surface area contributed by atoms with Gasteiger partial charge < -0.3 is 10.2 Å². The second kappa shape index (κ2) is 4.59. The van der Waals surface area contributed by atoms with Crippen LogP contribution >= 0.6 is 0 Å². The van der Waals surface area contributed by atoms with Gasteiger partial charge in [-0.05, 0) is 12.5 Å². The first-order chi connectivity index (χ1) is 10.9. The van der Waals surface area contributed by atoms with Crippen LogP contribution in [0.5, 0.6) is 0 Å². The Balaban J connectivity index is 1.73. The fraction of sp³-hybridized carbons (Fsp3) is 0.467. The average Bonchev–Trinajstić information content (AvgIpc) is 3.12. The maximum Gasteiger partial charge on any atom is 0.271 e. The minimum Gasteiger partial charge on any atom is -0.390 e. The summed E-state index contributed by atoms with van der Waals surface area (Å²) in [6.07, 6.45) is -1.54. The molecule has 2 bridgehead atoms. The van der Waals surface area contributed by atoms with Crippen LogP contribution in [0.25, 0.3) is 0 Å². The van der Waals surface area contributed by atoms with E-state index in [-0.39, 0.29) is 11.4 Å². The Bertz CT molecular complexity index is 702. The third-order valence-electron chi connectivity index (χ3n) is 5.39. The first kappa shape index (κ1) is 14.3. The summed E-state index contributed by atoms with van der Waals surface area (Å²) < 4.78 is 0. The van der Waals surface area contributed by atoms with Crippen LogP contribution in [0.2, 0.25) is 0 Å². The van der Waals surface area contributed by atoms with Gasteiger partial charge in [-0.2, -0.15) is 0 Å². The molecule has 4 rings (SSSR count). The molecular weight excluding hydrogens is 304 g/mol. The minimum atomic E-state index is -0.997. The molecule has 1 aliphatic heterocycles. The van der Waals surface area contributed by atoms with Crippen molar-refractivity contribution in [3.63, 3.8) is 0 Å². The zero-order chi connectivity index (χ0) is 16.5. The molecule has 2 amide bonds. The van der Waals surface area contributed by atoms with Crippen molar-refractivity contribution in [3.8, 4) is 0 Å². The molecule has 3 aliphatic rings. The molecule has 0 aromatic heterocycles. The number of benzene rings is 1. The number of aliphatic hydroxyl groups excluding tert-OH is 2. The highest BCUT2D eigenvalue weighted by atomic mass is 16.6. The van der Waals surface area contributed by atoms with Crippen molar-refractivity contribution in [1.29, 1.82) is 0 Å². The van der Waals surface area contributed by atoms with Crippen LogP contribution in [-0.4, -0.2) is 39.2 Å². The van der Waals surface area contributed by atoms with E-state index in [9.17, 15) is 29.9 Å². The molecule has 1 saturated heterocycles. The van der Waals surface area contributed by atoms with E-state index in [0.717, 1.165) is 4.90 Å². The quantitative estimate of drug-likeness (QED) is 0.452. The Morgan fingerprint density at radius 1 is 1.09 bits per heavy atom. The summed E-state index contributed by atoms with van der Waals surface area (Å²) in [6, 6.07) is 5.36. The van der Waals surface area contributed by atoms with Gasteiger partial charge in [-0.3, -0.25) is 19.7 Å². The summed E-state index contributed by atoms with van der Waals surface area (Å²) in [5.74, 6) is -3.05. The molecule has 0 unspecified atom stereocenters. The van der Waals surface area contributed by atoms with Gasteiger partial charge in [0.15, 0.2) is 0 Å². The molecule has 1 heterocycles. The number of nitro benzene ring substituents is 1. The van der Waals surface area contributed by atoms with Gasteiger partial charge >= 0.3 is 0 Å². The molecule has 3 fully saturated rings. The molecule has 120 valence electrons. The fourth-order valence-corrected chi connectivity index (χ4v) is 4.43. The predicted octanol–water partition coefficient (Wildman–Crippen LogP) is 0.0719. The zero-order valence-electron chi connectivity index (χ0n) is 11.9. The average molecular weight is 318 g/mol. The zero-order valence-corrected chi connectivity index (χ0v) is 11.9. The van der Waals surface area contributed by atoms with Crippen LogP contribution in [0.15, 0.2) is 24.3 Å². The first-order valence-corrected chi connectivity index (χ1v) is 7.40. The first-order valence-electron chi connectivity index (χ1n) is 7.40. The smallest absolute Gasteiger partial charge is 0.271 e. The van der Waals surface area contributed by atoms with E-state index < -0.39 is 52.6 Å². The van der Waals surface area contributed by atoms with Crippen LogP contribution in [0, 0.1) is 33.8 Å². The van der Waals surface area contributed by atoms with Gasteiger partial charge in [0.2, 0.25) is 11.8 Å². The molecular formula is C15H14N2O6. The summed E-state index contributed by atoms with van der Waals surface area (Å²) >= 11 is 0. The highest BCUT2D eigenvalue weighted by Crippen LogP contribution is 2.56. The van der Waals surface area contributed by atoms with Crippen molar-refractivity contribution in [2.45, 2.75) is 18.6 Å². The van der Waals surface area contributed by atoms with Crippen molar-refractivity contribution in [2.75, 3.05) is 4.90 Å². The lowest BCUT2D eigenvalue weighted by molar-refractivity contribution is -0.384. The number of carbonyl (C=O) groups excluding carboxylic acids is 2. The van der Waals surface area contributed by atoms with Gasteiger partial charge in [-0.25, -0.2) is 4.90 Å². The van der Waals surface area contributed by atoms with Crippen molar-refractivity contribution < 1.29 is 24.7 Å².